The maximum atomic E-state index is 2.73. The second kappa shape index (κ2) is 15.5. The van der Waals surface area contributed by atoms with Gasteiger partial charge in [0.25, 0.3) is 0 Å². The van der Waals surface area contributed by atoms with Crippen LogP contribution in [0.25, 0.3) is 34.4 Å². The van der Waals surface area contributed by atoms with Gasteiger partial charge in [0.05, 0.1) is 0 Å². The summed E-state index contributed by atoms with van der Waals surface area (Å²) in [4.78, 5) is 0. The molecule has 2 aliphatic carbocycles. The van der Waals surface area contributed by atoms with Crippen LogP contribution in [0.5, 0.6) is 0 Å². The van der Waals surface area contributed by atoms with Gasteiger partial charge in [0.2, 0.25) is 0 Å². The average Bonchev–Trinajstić information content (AvgIpc) is 3.61. The van der Waals surface area contributed by atoms with E-state index >= 15 is 0 Å². The molecule has 0 bridgehead atoms. The molecule has 0 radical (unpaired) electrons. The summed E-state index contributed by atoms with van der Waals surface area (Å²) < 4.78 is 4.27. The molecule has 55 heavy (non-hydrogen) atoms. The van der Waals surface area contributed by atoms with Crippen molar-refractivity contribution in [2.24, 2.45) is 11.8 Å². The Hall–Kier alpha value is -1.74. The minimum absolute atomic E-state index is 0. The van der Waals surface area contributed by atoms with Gasteiger partial charge in [-0.1, -0.05) is 0 Å². The third-order valence-corrected chi connectivity index (χ3v) is 31.1. The molecule has 1 fully saturated rings. The quantitative estimate of drug-likeness (QED) is 0.158. The summed E-state index contributed by atoms with van der Waals surface area (Å²) in [5, 5.41) is 3.09. The van der Waals surface area contributed by atoms with Crippen molar-refractivity contribution in [1.82, 2.24) is 0 Å². The Morgan fingerprint density at radius 2 is 0.782 bits per heavy atom. The van der Waals surface area contributed by atoms with Crippen LogP contribution in [0.15, 0.2) is 59.7 Å². The number of allylic oxidation sites excluding steroid dienone is 2. The summed E-state index contributed by atoms with van der Waals surface area (Å²) in [6, 6.07) is 19.6. The van der Waals surface area contributed by atoms with Gasteiger partial charge >= 0.3 is 332 Å². The summed E-state index contributed by atoms with van der Waals surface area (Å²) in [6.07, 6.45) is 5.46. The monoisotopic (exact) mass is 882 g/mol. The van der Waals surface area contributed by atoms with E-state index in [1.165, 1.54) is 52.8 Å². The van der Waals surface area contributed by atoms with Crippen LogP contribution >= 0.6 is 0 Å². The Balaban J connectivity index is 0.00000290. The van der Waals surface area contributed by atoms with Crippen LogP contribution in [0.2, 0.25) is 47.5 Å². The van der Waals surface area contributed by atoms with E-state index in [4.69, 9.17) is 0 Å². The largest absolute Gasteiger partial charge is 1.00 e. The van der Waals surface area contributed by atoms with E-state index in [0.717, 1.165) is 0 Å². The first kappa shape index (κ1) is 44.4. The molecule has 7 rings (SSSR count). The molecule has 1 aliphatic heterocycles. The molecular formula is C50H66Cl2Si2Zr. The first-order valence-corrected chi connectivity index (χ1v) is 33.9. The first-order valence-electron chi connectivity index (χ1n) is 20.6. The first-order chi connectivity index (χ1) is 24.7. The molecule has 0 saturated carbocycles. The van der Waals surface area contributed by atoms with Crippen molar-refractivity contribution >= 4 is 38.7 Å². The number of halogens is 2. The fourth-order valence-corrected chi connectivity index (χ4v) is 31.3. The third-order valence-electron chi connectivity index (χ3n) is 14.2. The van der Waals surface area contributed by atoms with Crippen molar-refractivity contribution in [2.75, 3.05) is 0 Å². The zero-order valence-corrected chi connectivity index (χ0v) is 42.7. The van der Waals surface area contributed by atoms with Crippen LogP contribution < -0.4 is 35.2 Å². The summed E-state index contributed by atoms with van der Waals surface area (Å²) in [5.74, 6) is 1.08. The molecule has 2 unspecified atom stereocenters. The van der Waals surface area contributed by atoms with Crippen LogP contribution in [0.3, 0.4) is 0 Å². The van der Waals surface area contributed by atoms with E-state index in [1.54, 1.807) is 54.9 Å². The van der Waals surface area contributed by atoms with Gasteiger partial charge in [-0.3, -0.25) is 0 Å². The van der Waals surface area contributed by atoms with E-state index in [9.17, 15) is 0 Å². The molecule has 4 aromatic carbocycles. The van der Waals surface area contributed by atoms with Crippen LogP contribution in [0, 0.1) is 53.4 Å². The molecule has 1 heterocycles. The van der Waals surface area contributed by atoms with E-state index < -0.39 is 36.4 Å². The minimum atomic E-state index is -3.00. The number of fused-ring (bicyclic) bond motifs is 2. The number of hydrogen-bond donors (Lipinski definition) is 0. The molecule has 5 heteroatoms. The molecule has 0 nitrogen and oxygen atoms in total. The Labute approximate surface area is 354 Å². The smallest absolute Gasteiger partial charge is 1.00 e. The average molecular weight is 885 g/mol. The predicted molar refractivity (Wildman–Crippen MR) is 239 cm³/mol. The number of benzene rings is 4. The van der Waals surface area contributed by atoms with Gasteiger partial charge in [0.1, 0.15) is 0 Å². The van der Waals surface area contributed by atoms with Crippen molar-refractivity contribution in [2.45, 2.75) is 124 Å². The molecule has 0 spiro atoms. The molecule has 0 amide bonds. The van der Waals surface area contributed by atoms with E-state index in [2.05, 4.69) is 169 Å². The van der Waals surface area contributed by atoms with Crippen LogP contribution in [0.4, 0.5) is 0 Å². The fraction of sp³-hybridized carbons (Fsp3) is 0.440. The second-order valence-corrected chi connectivity index (χ2v) is 41.5. The summed E-state index contributed by atoms with van der Waals surface area (Å²) in [6.45, 7) is 39.3. The molecule has 4 aromatic rings. The second-order valence-electron chi connectivity index (χ2n) is 20.0. The van der Waals surface area contributed by atoms with Gasteiger partial charge < -0.3 is 24.8 Å². The van der Waals surface area contributed by atoms with Crippen LogP contribution in [-0.2, 0) is 20.3 Å². The predicted octanol–water partition coefficient (Wildman–Crippen LogP) is 7.86. The number of rotatable bonds is 8. The van der Waals surface area contributed by atoms with E-state index in [-0.39, 0.29) is 24.8 Å². The summed E-state index contributed by atoms with van der Waals surface area (Å²) >= 11 is -3.00. The standard InChI is InChI=1S/2C24H31Si.C2H4.2ClH.Zr/c2*1-15(2)20-13-22-17(4)16(3)18(5)24(23(22)14-20)19-9-11-21(12-10-19)25(6,7)8;1-2;;;/h2*9-15H,1-8H3;1-2H2;2*1H;/q;;;;;+2/p-2. The maximum Gasteiger partial charge on any atom is -1.00 e. The van der Waals surface area contributed by atoms with Gasteiger partial charge in [0.15, 0.2) is 0 Å². The maximum absolute atomic E-state index is 3.00. The Morgan fingerprint density at radius 1 is 0.473 bits per heavy atom. The normalized spacial score (nSPS) is 17.9. The van der Waals surface area contributed by atoms with Gasteiger partial charge in [-0.05, 0) is 0 Å². The van der Waals surface area contributed by atoms with Gasteiger partial charge in [-0.25, -0.2) is 0 Å². The minimum Gasteiger partial charge on any atom is -1.00 e. The molecular weight excluding hydrogens is 819 g/mol. The summed E-state index contributed by atoms with van der Waals surface area (Å²) in [5.41, 5.74) is 25.0. The zero-order chi connectivity index (χ0) is 38.7. The third kappa shape index (κ3) is 7.21. The van der Waals surface area contributed by atoms with Crippen molar-refractivity contribution in [3.05, 3.63) is 115 Å². The Bertz CT molecular complexity index is 2050. The Morgan fingerprint density at radius 3 is 1.04 bits per heavy atom. The molecule has 292 valence electrons. The SMILES string of the molecule is Cc1c(C)c(-c2ccc([Si](C)(C)C)cc2)c2c(c1C)[CH]([Zr+2]1([CH]3C(C(C)C)=Cc4c(-c5ccc([Si](C)(C)C)cc5)c(C)c(C)c(C)c43)[CH2][CH2]1)C(C(C)C)=C2.[Cl-].[Cl-]. The molecule has 0 N–H and O–H groups in total. The van der Waals surface area contributed by atoms with Crippen LogP contribution in [0.1, 0.15) is 90.6 Å². The van der Waals surface area contributed by atoms with Gasteiger partial charge in [0, 0.05) is 0 Å². The number of hydrogen-bond acceptors (Lipinski definition) is 0. The van der Waals surface area contributed by atoms with E-state index in [1.807, 2.05) is 0 Å². The zero-order valence-electron chi connectivity index (χ0n) is 36.8. The van der Waals surface area contributed by atoms with Gasteiger partial charge in [-0.15, -0.1) is 0 Å². The van der Waals surface area contributed by atoms with Crippen molar-refractivity contribution < 1.29 is 45.1 Å². The Kier molecular flexibility index (Phi) is 12.5. The van der Waals surface area contributed by atoms with Crippen LogP contribution in [-0.4, -0.2) is 16.1 Å². The molecule has 1 saturated heterocycles. The van der Waals surface area contributed by atoms with Crippen molar-refractivity contribution in [3.63, 3.8) is 0 Å². The van der Waals surface area contributed by atoms with Crippen molar-refractivity contribution in [3.8, 4) is 22.3 Å². The summed E-state index contributed by atoms with van der Waals surface area (Å²) in [7, 11) is -2.76. The molecule has 2 atom stereocenters. The fourth-order valence-electron chi connectivity index (χ4n) is 10.4. The van der Waals surface area contributed by atoms with Crippen molar-refractivity contribution in [1.29, 1.82) is 0 Å². The molecule has 0 aromatic heterocycles. The van der Waals surface area contributed by atoms with E-state index in [0.29, 0.717) is 19.1 Å². The topological polar surface area (TPSA) is 0 Å². The van der Waals surface area contributed by atoms with Gasteiger partial charge in [-0.2, -0.15) is 0 Å². The molecule has 3 aliphatic rings.